The second kappa shape index (κ2) is 20.8. The van der Waals surface area contributed by atoms with Gasteiger partial charge < -0.3 is 4.90 Å². The summed E-state index contributed by atoms with van der Waals surface area (Å²) in [5.41, 5.74) is 16.7. The van der Waals surface area contributed by atoms with Crippen molar-refractivity contribution in [2.45, 2.75) is 0 Å². The second-order valence-electron chi connectivity index (χ2n) is 19.3. The van der Waals surface area contributed by atoms with Crippen LogP contribution in [0.3, 0.4) is 0 Å². The van der Waals surface area contributed by atoms with Gasteiger partial charge in [0.2, 0.25) is 5.95 Å². The largest absolute Gasteiger partial charge is 0.305 e. The lowest BCUT2D eigenvalue weighted by Crippen LogP contribution is -2.26. The zero-order valence-corrected chi connectivity index (χ0v) is 43.2. The summed E-state index contributed by atoms with van der Waals surface area (Å²) < 4.78 is 0. The molecule has 13 aromatic rings. The molecule has 0 saturated carbocycles. The number of hydrogen-bond donors (Lipinski definition) is 0. The van der Waals surface area contributed by atoms with Gasteiger partial charge in [-0.25, -0.2) is 34.9 Å². The summed E-state index contributed by atoms with van der Waals surface area (Å²) in [6.45, 7) is 0. The van der Waals surface area contributed by atoms with Gasteiger partial charge in [-0.15, -0.1) is 0 Å². The van der Waals surface area contributed by atoms with Crippen LogP contribution in [-0.2, 0) is 0 Å². The first-order chi connectivity index (χ1) is 39.7. The maximum Gasteiger partial charge on any atom is 0.235 e. The van der Waals surface area contributed by atoms with Crippen molar-refractivity contribution in [3.05, 3.63) is 285 Å². The van der Waals surface area contributed by atoms with Crippen LogP contribution in [0.5, 0.6) is 0 Å². The normalized spacial score (nSPS) is 11.7. The number of hydrogen-bond acceptors (Lipinski definition) is 9. The molecule has 0 amide bonds. The Balaban J connectivity index is 1.07. The highest BCUT2D eigenvalue weighted by molar-refractivity contribution is 6.07. The van der Waals surface area contributed by atoms with E-state index in [-0.39, 0.29) is 0 Å². The summed E-state index contributed by atoms with van der Waals surface area (Å²) in [4.78, 5) is 42.2. The first-order valence-corrected chi connectivity index (χ1v) is 26.6. The van der Waals surface area contributed by atoms with Crippen LogP contribution in [0, 0.1) is 0 Å². The zero-order chi connectivity index (χ0) is 53.2. The summed E-state index contributed by atoms with van der Waals surface area (Å²) in [6.07, 6.45) is 0. The molecule has 1 aliphatic rings. The number of benzene rings is 10. The Hall–Kier alpha value is -11.0. The van der Waals surface area contributed by atoms with Gasteiger partial charge in [-0.1, -0.05) is 237 Å². The molecule has 376 valence electrons. The first kappa shape index (κ1) is 47.4. The average Bonchev–Trinajstić information content (AvgIpc) is 3.58. The van der Waals surface area contributed by atoms with E-state index in [1.165, 1.54) is 0 Å². The van der Waals surface area contributed by atoms with Crippen LogP contribution in [0.25, 0.3) is 102 Å². The molecule has 9 heteroatoms. The maximum atomic E-state index is 5.49. The smallest absolute Gasteiger partial charge is 0.235 e. The fourth-order valence-electron chi connectivity index (χ4n) is 10.5. The van der Waals surface area contributed by atoms with E-state index in [0.717, 1.165) is 107 Å². The molecule has 80 heavy (non-hydrogen) atoms. The van der Waals surface area contributed by atoms with Gasteiger partial charge in [0, 0.05) is 50.1 Å². The molecule has 3 aromatic heterocycles. The van der Waals surface area contributed by atoms with Gasteiger partial charge in [-0.2, -0.15) is 0 Å². The zero-order valence-electron chi connectivity index (χ0n) is 43.2. The second-order valence-corrected chi connectivity index (χ2v) is 19.3. The molecule has 0 atom stereocenters. The van der Waals surface area contributed by atoms with E-state index in [9.17, 15) is 0 Å². The molecule has 0 spiro atoms. The molecule has 0 saturated heterocycles. The standard InChI is InChI=1S/C71H47N9/c1-8-26-48(27-9-1)56-44-55(61-46-58(49-28-10-2-11-29-49)72-67(73-61)52-34-16-5-17-35-52)45-57(70-77-68(53-36-18-6-19-37-53)76-69(78-70)54-38-20-7-21-39-54)66(56)79-62-40-22-24-42-64(62)80(65-43-25-23-41-63(65)79)71-74-59(50-30-12-3-13-31-50)47-60(75-71)51-32-14-4-15-33-51/h1-47H. The number of rotatable bonds is 11. The number of anilines is 6. The van der Waals surface area contributed by atoms with E-state index < -0.39 is 0 Å². The van der Waals surface area contributed by atoms with Crippen LogP contribution < -0.4 is 9.80 Å². The Bertz CT molecular complexity index is 4120. The minimum Gasteiger partial charge on any atom is -0.305 e. The lowest BCUT2D eigenvalue weighted by atomic mass is 9.92. The summed E-state index contributed by atoms with van der Waals surface area (Å²) in [6, 6.07) is 97.4. The van der Waals surface area contributed by atoms with Crippen molar-refractivity contribution in [1.29, 1.82) is 0 Å². The van der Waals surface area contributed by atoms with Crippen LogP contribution in [0.2, 0.25) is 0 Å². The molecule has 0 unspecified atom stereocenters. The topological polar surface area (TPSA) is 96.7 Å². The highest BCUT2D eigenvalue weighted by atomic mass is 15.3. The third-order valence-electron chi connectivity index (χ3n) is 14.3. The molecule has 0 bridgehead atoms. The SMILES string of the molecule is c1ccc(-c2cc(-c3cc(-c4ccccc4)c(N4c5ccccc5N(c5nc(-c6ccccc6)cc(-c6ccccc6)n5)c5ccccc54)c(-c4nc(-c5ccccc5)nc(-c5ccccc5)n4)c3)nc(-c3ccccc3)n2)cc1. The predicted molar refractivity (Wildman–Crippen MR) is 323 cm³/mol. The Labute approximate surface area is 463 Å². The summed E-state index contributed by atoms with van der Waals surface area (Å²) in [7, 11) is 0. The third-order valence-corrected chi connectivity index (χ3v) is 14.3. The number of aromatic nitrogens is 7. The minimum absolute atomic E-state index is 0.483. The van der Waals surface area contributed by atoms with Gasteiger partial charge in [0.15, 0.2) is 23.3 Å². The monoisotopic (exact) mass is 1030 g/mol. The fraction of sp³-hybridized carbons (Fsp3) is 0. The lowest BCUT2D eigenvalue weighted by Gasteiger charge is -2.40. The van der Waals surface area contributed by atoms with E-state index in [1.54, 1.807) is 0 Å². The fourth-order valence-corrected chi connectivity index (χ4v) is 10.5. The van der Waals surface area contributed by atoms with Gasteiger partial charge in [0.05, 0.1) is 51.2 Å². The van der Waals surface area contributed by atoms with E-state index >= 15 is 0 Å². The minimum atomic E-state index is 0.483. The Morgan fingerprint density at radius 3 is 0.887 bits per heavy atom. The van der Waals surface area contributed by atoms with E-state index in [2.05, 4.69) is 161 Å². The average molecular weight is 1030 g/mol. The molecular formula is C71H47N9. The molecule has 4 heterocycles. The van der Waals surface area contributed by atoms with Crippen molar-refractivity contribution in [3.63, 3.8) is 0 Å². The van der Waals surface area contributed by atoms with E-state index in [4.69, 9.17) is 34.9 Å². The van der Waals surface area contributed by atoms with Gasteiger partial charge in [0.1, 0.15) is 0 Å². The van der Waals surface area contributed by atoms with Crippen molar-refractivity contribution in [2.24, 2.45) is 0 Å². The number of nitrogens with zero attached hydrogens (tertiary/aromatic N) is 9. The Kier molecular flexibility index (Phi) is 12.3. The predicted octanol–water partition coefficient (Wildman–Crippen LogP) is 17.7. The third kappa shape index (κ3) is 9.10. The highest BCUT2D eigenvalue weighted by Crippen LogP contribution is 2.57. The summed E-state index contributed by atoms with van der Waals surface area (Å²) >= 11 is 0. The molecule has 0 radical (unpaired) electrons. The van der Waals surface area contributed by atoms with Crippen molar-refractivity contribution in [2.75, 3.05) is 9.80 Å². The van der Waals surface area contributed by atoms with Crippen molar-refractivity contribution >= 4 is 34.4 Å². The van der Waals surface area contributed by atoms with Crippen molar-refractivity contribution < 1.29 is 0 Å². The quantitative estimate of drug-likeness (QED) is 0.125. The van der Waals surface area contributed by atoms with E-state index in [0.29, 0.717) is 29.2 Å². The van der Waals surface area contributed by atoms with Crippen LogP contribution in [0.4, 0.5) is 34.4 Å². The maximum absolute atomic E-state index is 5.49. The molecule has 0 aliphatic carbocycles. The molecule has 0 N–H and O–H groups in total. The molecule has 14 rings (SSSR count). The van der Waals surface area contributed by atoms with Crippen LogP contribution >= 0.6 is 0 Å². The number of para-hydroxylation sites is 4. The molecule has 9 nitrogen and oxygen atoms in total. The highest BCUT2D eigenvalue weighted by Gasteiger charge is 2.36. The van der Waals surface area contributed by atoms with E-state index in [1.807, 2.05) is 133 Å². The summed E-state index contributed by atoms with van der Waals surface area (Å²) in [5, 5.41) is 0. The Morgan fingerprint density at radius 1 is 0.200 bits per heavy atom. The number of fused-ring (bicyclic) bond motifs is 2. The van der Waals surface area contributed by atoms with Gasteiger partial charge in [0.25, 0.3) is 0 Å². The van der Waals surface area contributed by atoms with Gasteiger partial charge >= 0.3 is 0 Å². The lowest BCUT2D eigenvalue weighted by molar-refractivity contribution is 1.06. The summed E-state index contributed by atoms with van der Waals surface area (Å²) in [5.74, 6) is 2.72. The first-order valence-electron chi connectivity index (χ1n) is 26.6. The molecule has 1 aliphatic heterocycles. The van der Waals surface area contributed by atoms with Crippen LogP contribution in [-0.4, -0.2) is 34.9 Å². The van der Waals surface area contributed by atoms with Crippen LogP contribution in [0.1, 0.15) is 0 Å². The van der Waals surface area contributed by atoms with Gasteiger partial charge in [-0.3, -0.25) is 4.90 Å². The van der Waals surface area contributed by atoms with Crippen molar-refractivity contribution in [3.8, 4) is 102 Å². The molecule has 10 aromatic carbocycles. The van der Waals surface area contributed by atoms with Crippen molar-refractivity contribution in [1.82, 2.24) is 34.9 Å². The van der Waals surface area contributed by atoms with Gasteiger partial charge in [-0.05, 0) is 54.1 Å². The van der Waals surface area contributed by atoms with Crippen LogP contribution in [0.15, 0.2) is 285 Å². The molecular weight excluding hydrogens is 979 g/mol. The molecule has 0 fully saturated rings. The Morgan fingerprint density at radius 2 is 0.487 bits per heavy atom.